The third kappa shape index (κ3) is 5.50. The fourth-order valence-electron chi connectivity index (χ4n) is 5.20. The number of aliphatic hydroxyl groups excluding tert-OH is 1. The fraction of sp³-hybridized carbons (Fsp3) is 0.652. The summed E-state index contributed by atoms with van der Waals surface area (Å²) in [5.41, 5.74) is 0.383. The first kappa shape index (κ1) is 24.0. The van der Waals surface area contributed by atoms with Gasteiger partial charge in [-0.15, -0.1) is 0 Å². The Balaban J connectivity index is 1.39. The van der Waals surface area contributed by atoms with Gasteiger partial charge in [0.15, 0.2) is 0 Å². The van der Waals surface area contributed by atoms with Gasteiger partial charge in [0.05, 0.1) is 31.4 Å². The fourth-order valence-corrected chi connectivity index (χ4v) is 5.20. The summed E-state index contributed by atoms with van der Waals surface area (Å²) >= 11 is 0. The van der Waals surface area contributed by atoms with E-state index >= 15 is 0 Å². The van der Waals surface area contributed by atoms with Crippen LogP contribution in [-0.2, 0) is 14.3 Å². The highest BCUT2D eigenvalue weighted by Crippen LogP contribution is 2.49. The van der Waals surface area contributed by atoms with Crippen LogP contribution in [0.4, 0.5) is 13.2 Å². The maximum absolute atomic E-state index is 13.5. The minimum atomic E-state index is -4.93. The largest absolute Gasteiger partial charge is 0.471 e. The van der Waals surface area contributed by atoms with Crippen LogP contribution in [0.1, 0.15) is 37.2 Å². The summed E-state index contributed by atoms with van der Waals surface area (Å²) < 4.78 is 46.5. The van der Waals surface area contributed by atoms with Crippen molar-refractivity contribution in [2.45, 2.75) is 55.5 Å². The Morgan fingerprint density at radius 3 is 2.55 bits per heavy atom. The van der Waals surface area contributed by atoms with E-state index in [-0.39, 0.29) is 38.1 Å². The van der Waals surface area contributed by atoms with Crippen molar-refractivity contribution in [3.05, 3.63) is 35.9 Å². The molecule has 0 bridgehead atoms. The summed E-state index contributed by atoms with van der Waals surface area (Å²) in [6.45, 7) is 1.56. The number of ether oxygens (including phenoxy) is 1. The number of carbonyl (C=O) groups excluding carboxylic acids is 2. The molecule has 182 valence electrons. The molecule has 2 heterocycles. The Hall–Kier alpha value is -2.17. The third-order valence-electron chi connectivity index (χ3n) is 6.97. The number of alkyl halides is 3. The molecule has 2 aliphatic heterocycles. The van der Waals surface area contributed by atoms with Crippen LogP contribution in [-0.4, -0.2) is 90.0 Å². The number of benzene rings is 1. The molecule has 1 aromatic carbocycles. The molecule has 1 aliphatic carbocycles. The van der Waals surface area contributed by atoms with E-state index in [1.165, 1.54) is 0 Å². The summed E-state index contributed by atoms with van der Waals surface area (Å²) in [6, 6.07) is 8.26. The van der Waals surface area contributed by atoms with Crippen molar-refractivity contribution in [1.82, 2.24) is 15.1 Å². The topological polar surface area (TPSA) is 82.1 Å². The van der Waals surface area contributed by atoms with Crippen molar-refractivity contribution in [2.75, 3.05) is 39.4 Å². The summed E-state index contributed by atoms with van der Waals surface area (Å²) in [5, 5.41) is 11.4. The summed E-state index contributed by atoms with van der Waals surface area (Å²) in [6.07, 6.45) is -2.84. The normalized spacial score (nSPS) is 26.8. The molecule has 3 fully saturated rings. The maximum Gasteiger partial charge on any atom is 0.471 e. The molecule has 1 unspecified atom stereocenters. The Bertz CT molecular complexity index is 843. The molecule has 1 aromatic rings. The summed E-state index contributed by atoms with van der Waals surface area (Å²) in [7, 11) is 0. The highest BCUT2D eigenvalue weighted by molar-refractivity contribution is 5.83. The molecule has 2 saturated heterocycles. The zero-order valence-electron chi connectivity index (χ0n) is 18.4. The van der Waals surface area contributed by atoms with E-state index in [1.54, 1.807) is 0 Å². The van der Waals surface area contributed by atoms with Crippen molar-refractivity contribution in [1.29, 1.82) is 0 Å². The molecule has 7 nitrogen and oxygen atoms in total. The number of carbonyl (C=O) groups is 2. The molecule has 3 atom stereocenters. The molecule has 33 heavy (non-hydrogen) atoms. The second kappa shape index (κ2) is 9.60. The van der Waals surface area contributed by atoms with Gasteiger partial charge in [-0.3, -0.25) is 14.5 Å². The quantitative estimate of drug-likeness (QED) is 0.635. The van der Waals surface area contributed by atoms with Gasteiger partial charge in [-0.2, -0.15) is 13.2 Å². The lowest BCUT2D eigenvalue weighted by Crippen LogP contribution is -2.51. The predicted octanol–water partition coefficient (Wildman–Crippen LogP) is 1.67. The molecular weight excluding hydrogens is 439 g/mol. The number of piperidine rings is 1. The van der Waals surface area contributed by atoms with Gasteiger partial charge in [-0.05, 0) is 31.2 Å². The van der Waals surface area contributed by atoms with Crippen LogP contribution in [0.3, 0.4) is 0 Å². The minimum absolute atomic E-state index is 0.0895. The highest BCUT2D eigenvalue weighted by Gasteiger charge is 2.57. The van der Waals surface area contributed by atoms with Crippen molar-refractivity contribution in [2.24, 2.45) is 0 Å². The molecule has 10 heteroatoms. The van der Waals surface area contributed by atoms with Crippen LogP contribution in [0.5, 0.6) is 0 Å². The Kier molecular flexibility index (Phi) is 6.97. The number of amides is 2. The second-order valence-corrected chi connectivity index (χ2v) is 9.23. The standard InChI is InChI=1S/C23H30F3N3O4/c24-23(25,26)21(32)29(19-12-18(19)16-4-2-1-3-5-16)17-13-22(33-15-17)6-9-28(10-7-22)14-20(31)27-8-11-30/h1-5,17-19,30H,6-15H2,(H,27,31)/t17?,18-,19+/m0/s1. The van der Waals surface area contributed by atoms with Crippen molar-refractivity contribution in [3.8, 4) is 0 Å². The van der Waals surface area contributed by atoms with Crippen LogP contribution < -0.4 is 5.32 Å². The SMILES string of the molecule is O=C(CN1CCC2(CC1)CC(N(C(=O)C(F)(F)F)[C@@H]1C[C@H]1c1ccccc1)CO2)NCCO. The zero-order valence-corrected chi connectivity index (χ0v) is 18.4. The lowest BCUT2D eigenvalue weighted by atomic mass is 9.87. The number of hydrogen-bond acceptors (Lipinski definition) is 5. The lowest BCUT2D eigenvalue weighted by molar-refractivity contribution is -0.188. The van der Waals surface area contributed by atoms with E-state index in [0.717, 1.165) is 10.5 Å². The van der Waals surface area contributed by atoms with E-state index in [0.29, 0.717) is 38.8 Å². The number of nitrogens with one attached hydrogen (secondary N) is 1. The molecule has 4 rings (SSSR count). The average Bonchev–Trinajstić information content (AvgIpc) is 3.48. The predicted molar refractivity (Wildman–Crippen MR) is 113 cm³/mol. The van der Waals surface area contributed by atoms with Gasteiger partial charge >= 0.3 is 12.1 Å². The van der Waals surface area contributed by atoms with Crippen molar-refractivity contribution < 1.29 is 32.6 Å². The lowest BCUT2D eigenvalue weighted by Gasteiger charge is -2.39. The summed E-state index contributed by atoms with van der Waals surface area (Å²) in [4.78, 5) is 27.3. The number of likely N-dealkylation sites (tertiary alicyclic amines) is 1. The molecule has 0 aromatic heterocycles. The van der Waals surface area contributed by atoms with Crippen molar-refractivity contribution >= 4 is 11.8 Å². The maximum atomic E-state index is 13.5. The summed E-state index contributed by atoms with van der Waals surface area (Å²) in [5.74, 6) is -2.05. The number of rotatable bonds is 7. The average molecular weight is 470 g/mol. The van der Waals surface area contributed by atoms with E-state index in [9.17, 15) is 22.8 Å². The van der Waals surface area contributed by atoms with Gasteiger partial charge in [0.2, 0.25) is 5.91 Å². The Morgan fingerprint density at radius 2 is 1.91 bits per heavy atom. The van der Waals surface area contributed by atoms with Crippen LogP contribution in [0.25, 0.3) is 0 Å². The van der Waals surface area contributed by atoms with Crippen molar-refractivity contribution in [3.63, 3.8) is 0 Å². The zero-order chi connectivity index (χ0) is 23.6. The number of halogens is 3. The van der Waals surface area contributed by atoms with E-state index < -0.39 is 29.8 Å². The Labute approximate surface area is 190 Å². The first-order chi connectivity index (χ1) is 15.7. The highest BCUT2D eigenvalue weighted by atomic mass is 19.4. The van der Waals surface area contributed by atoms with Crippen LogP contribution in [0.15, 0.2) is 30.3 Å². The smallest absolute Gasteiger partial charge is 0.395 e. The molecular formula is C23H30F3N3O4. The molecule has 1 spiro atoms. The van der Waals surface area contributed by atoms with Gasteiger partial charge in [0.25, 0.3) is 0 Å². The first-order valence-electron chi connectivity index (χ1n) is 11.4. The Morgan fingerprint density at radius 1 is 1.21 bits per heavy atom. The monoisotopic (exact) mass is 469 g/mol. The van der Waals surface area contributed by atoms with E-state index in [2.05, 4.69) is 5.32 Å². The first-order valence-corrected chi connectivity index (χ1v) is 11.4. The van der Waals surface area contributed by atoms with Gasteiger partial charge < -0.3 is 20.1 Å². The number of aliphatic hydroxyl groups is 1. The van der Waals surface area contributed by atoms with Crippen LogP contribution >= 0.6 is 0 Å². The van der Waals surface area contributed by atoms with Gasteiger partial charge in [-0.1, -0.05) is 30.3 Å². The van der Waals surface area contributed by atoms with Crippen LogP contribution in [0, 0.1) is 0 Å². The molecule has 1 saturated carbocycles. The number of hydrogen-bond donors (Lipinski definition) is 2. The molecule has 2 amide bonds. The molecule has 0 radical (unpaired) electrons. The van der Waals surface area contributed by atoms with E-state index in [4.69, 9.17) is 9.84 Å². The van der Waals surface area contributed by atoms with Crippen LogP contribution in [0.2, 0.25) is 0 Å². The second-order valence-electron chi connectivity index (χ2n) is 9.23. The number of nitrogens with zero attached hydrogens (tertiary/aromatic N) is 2. The third-order valence-corrected chi connectivity index (χ3v) is 6.97. The van der Waals surface area contributed by atoms with Gasteiger partial charge in [-0.25, -0.2) is 0 Å². The molecule has 3 aliphatic rings. The minimum Gasteiger partial charge on any atom is -0.395 e. The van der Waals surface area contributed by atoms with E-state index in [1.807, 2.05) is 35.2 Å². The molecule has 2 N–H and O–H groups in total. The van der Waals surface area contributed by atoms with Gasteiger partial charge in [0.1, 0.15) is 0 Å². The van der Waals surface area contributed by atoms with Gasteiger partial charge in [0, 0.05) is 31.6 Å².